The van der Waals surface area contributed by atoms with E-state index in [2.05, 4.69) is 0 Å². The number of amides is 2. The number of likely N-dealkylation sites (N-methyl/N-ethyl adjacent to an activating group) is 1. The molecule has 0 spiro atoms. The Morgan fingerprint density at radius 3 is 2.14 bits per heavy atom. The molecule has 120 valence electrons. The van der Waals surface area contributed by atoms with E-state index in [1.54, 1.807) is 11.8 Å². The van der Waals surface area contributed by atoms with Crippen LogP contribution in [0.25, 0.3) is 0 Å². The molecule has 0 aromatic rings. The van der Waals surface area contributed by atoms with Crippen molar-refractivity contribution in [3.05, 3.63) is 0 Å². The minimum Gasteiger partial charge on any atom is -0.389 e. The Hall–Kier alpha value is -1.14. The summed E-state index contributed by atoms with van der Waals surface area (Å²) in [4.78, 5) is 29.0. The van der Waals surface area contributed by atoms with Gasteiger partial charge in [0.25, 0.3) is 0 Å². The monoisotopic (exact) mass is 297 g/mol. The summed E-state index contributed by atoms with van der Waals surface area (Å²) in [5.41, 5.74) is -0.609. The number of carbonyl (C=O) groups excluding carboxylic acids is 2. The van der Waals surface area contributed by atoms with Gasteiger partial charge in [-0.25, -0.2) is 0 Å². The molecule has 1 N–H and O–H groups in total. The molecule has 1 heterocycles. The molecule has 0 bridgehead atoms. The Morgan fingerprint density at radius 2 is 1.62 bits per heavy atom. The largest absolute Gasteiger partial charge is 0.389 e. The van der Waals surface area contributed by atoms with Crippen molar-refractivity contribution in [2.24, 2.45) is 0 Å². The minimum atomic E-state index is -0.609. The van der Waals surface area contributed by atoms with Crippen LogP contribution in [0.1, 0.15) is 32.6 Å². The Balaban J connectivity index is 1.75. The normalized spacial score (nSPS) is 21.9. The van der Waals surface area contributed by atoms with Crippen molar-refractivity contribution in [3.8, 4) is 0 Å². The van der Waals surface area contributed by atoms with Gasteiger partial charge in [0, 0.05) is 39.6 Å². The first-order valence-corrected chi connectivity index (χ1v) is 7.84. The van der Waals surface area contributed by atoms with E-state index in [0.29, 0.717) is 39.3 Å². The highest BCUT2D eigenvalue weighted by Gasteiger charge is 2.33. The number of nitrogens with zero attached hydrogens (tertiary/aromatic N) is 3. The molecular formula is C15H27N3O3. The third-order valence-electron chi connectivity index (χ3n) is 4.58. The fourth-order valence-corrected chi connectivity index (χ4v) is 3.35. The van der Waals surface area contributed by atoms with Crippen LogP contribution in [-0.4, -0.2) is 83.5 Å². The summed E-state index contributed by atoms with van der Waals surface area (Å²) in [6, 6.07) is 0. The Morgan fingerprint density at radius 1 is 1.10 bits per heavy atom. The van der Waals surface area contributed by atoms with E-state index in [4.69, 9.17) is 0 Å². The van der Waals surface area contributed by atoms with Crippen LogP contribution in [0.5, 0.6) is 0 Å². The van der Waals surface area contributed by atoms with Crippen molar-refractivity contribution in [2.75, 3.05) is 46.3 Å². The van der Waals surface area contributed by atoms with E-state index in [9.17, 15) is 14.7 Å². The summed E-state index contributed by atoms with van der Waals surface area (Å²) >= 11 is 0. The molecule has 1 saturated carbocycles. The first kappa shape index (κ1) is 16.2. The molecule has 1 saturated heterocycles. The maximum atomic E-state index is 12.3. The second-order valence-electron chi connectivity index (χ2n) is 6.49. The predicted molar refractivity (Wildman–Crippen MR) is 79.7 cm³/mol. The van der Waals surface area contributed by atoms with Crippen LogP contribution in [0.15, 0.2) is 0 Å². The van der Waals surface area contributed by atoms with Gasteiger partial charge in [-0.2, -0.15) is 0 Å². The molecule has 1 aliphatic heterocycles. The molecule has 2 rings (SSSR count). The van der Waals surface area contributed by atoms with Crippen LogP contribution < -0.4 is 0 Å². The fourth-order valence-electron chi connectivity index (χ4n) is 3.35. The summed E-state index contributed by atoms with van der Waals surface area (Å²) in [6.07, 6.45) is 3.82. The third-order valence-corrected chi connectivity index (χ3v) is 4.58. The average Bonchev–Trinajstić information content (AvgIpc) is 2.84. The Kier molecular flexibility index (Phi) is 5.22. The van der Waals surface area contributed by atoms with E-state index in [1.165, 1.54) is 0 Å². The maximum absolute atomic E-state index is 12.3. The van der Waals surface area contributed by atoms with Crippen molar-refractivity contribution in [1.82, 2.24) is 14.7 Å². The number of hydrogen-bond donors (Lipinski definition) is 1. The quantitative estimate of drug-likeness (QED) is 0.788. The molecule has 1 aliphatic carbocycles. The highest BCUT2D eigenvalue weighted by Crippen LogP contribution is 2.29. The predicted octanol–water partition coefficient (Wildman–Crippen LogP) is -0.0860. The van der Waals surface area contributed by atoms with Gasteiger partial charge >= 0.3 is 0 Å². The van der Waals surface area contributed by atoms with Crippen molar-refractivity contribution in [2.45, 2.75) is 38.2 Å². The highest BCUT2D eigenvalue weighted by molar-refractivity contribution is 5.79. The van der Waals surface area contributed by atoms with Crippen molar-refractivity contribution < 1.29 is 14.7 Å². The molecule has 2 fully saturated rings. The van der Waals surface area contributed by atoms with Crippen LogP contribution >= 0.6 is 0 Å². The molecular weight excluding hydrogens is 270 g/mol. The number of aliphatic hydroxyl groups is 1. The Bertz CT molecular complexity index is 386. The second kappa shape index (κ2) is 6.75. The van der Waals surface area contributed by atoms with E-state index in [-0.39, 0.29) is 11.8 Å². The van der Waals surface area contributed by atoms with Gasteiger partial charge in [-0.15, -0.1) is 0 Å². The first-order valence-electron chi connectivity index (χ1n) is 7.84. The summed E-state index contributed by atoms with van der Waals surface area (Å²) in [6.45, 7) is 4.92. The SMILES string of the molecule is CC(=O)N1CCN(C(=O)CN(C)CC2(O)CCCC2)CC1. The zero-order valence-electron chi connectivity index (χ0n) is 13.2. The van der Waals surface area contributed by atoms with E-state index in [0.717, 1.165) is 25.7 Å². The van der Waals surface area contributed by atoms with Crippen LogP contribution in [0.4, 0.5) is 0 Å². The summed E-state index contributed by atoms with van der Waals surface area (Å²) in [7, 11) is 1.89. The van der Waals surface area contributed by atoms with Gasteiger partial charge in [-0.05, 0) is 19.9 Å². The number of rotatable bonds is 4. The second-order valence-corrected chi connectivity index (χ2v) is 6.49. The summed E-state index contributed by atoms with van der Waals surface area (Å²) < 4.78 is 0. The number of piperazine rings is 1. The number of hydrogen-bond acceptors (Lipinski definition) is 4. The first-order chi connectivity index (χ1) is 9.89. The molecule has 2 aliphatic rings. The molecule has 6 nitrogen and oxygen atoms in total. The highest BCUT2D eigenvalue weighted by atomic mass is 16.3. The smallest absolute Gasteiger partial charge is 0.236 e. The van der Waals surface area contributed by atoms with E-state index < -0.39 is 5.60 Å². The van der Waals surface area contributed by atoms with Crippen LogP contribution in [0, 0.1) is 0 Å². The van der Waals surface area contributed by atoms with Crippen molar-refractivity contribution >= 4 is 11.8 Å². The van der Waals surface area contributed by atoms with Crippen LogP contribution in [0.3, 0.4) is 0 Å². The van der Waals surface area contributed by atoms with Gasteiger partial charge in [-0.3, -0.25) is 14.5 Å². The van der Waals surface area contributed by atoms with Crippen molar-refractivity contribution in [1.29, 1.82) is 0 Å². The molecule has 0 unspecified atom stereocenters. The summed E-state index contributed by atoms with van der Waals surface area (Å²) in [5.74, 6) is 0.157. The van der Waals surface area contributed by atoms with E-state index in [1.807, 2.05) is 16.8 Å². The molecule has 6 heteroatoms. The zero-order chi connectivity index (χ0) is 15.5. The van der Waals surface area contributed by atoms with Crippen molar-refractivity contribution in [3.63, 3.8) is 0 Å². The molecule has 2 amide bonds. The lowest BCUT2D eigenvalue weighted by atomic mass is 10.0. The molecule has 0 aromatic carbocycles. The average molecular weight is 297 g/mol. The molecule has 21 heavy (non-hydrogen) atoms. The standard InChI is InChI=1S/C15H27N3O3/c1-13(19)17-7-9-18(10-8-17)14(20)11-16(2)12-15(21)5-3-4-6-15/h21H,3-12H2,1-2H3. The lowest BCUT2D eigenvalue weighted by molar-refractivity contribution is -0.139. The zero-order valence-corrected chi connectivity index (χ0v) is 13.2. The minimum absolute atomic E-state index is 0.0719. The molecule has 0 atom stereocenters. The summed E-state index contributed by atoms with van der Waals surface area (Å²) in [5, 5.41) is 10.4. The van der Waals surface area contributed by atoms with Gasteiger partial charge < -0.3 is 14.9 Å². The lowest BCUT2D eigenvalue weighted by Crippen LogP contribution is -2.52. The number of carbonyl (C=O) groups is 2. The Labute approximate surface area is 126 Å². The maximum Gasteiger partial charge on any atom is 0.236 e. The third kappa shape index (κ3) is 4.41. The van der Waals surface area contributed by atoms with Gasteiger partial charge in [0.1, 0.15) is 0 Å². The van der Waals surface area contributed by atoms with Gasteiger partial charge in [-0.1, -0.05) is 12.8 Å². The van der Waals surface area contributed by atoms with Gasteiger partial charge in [0.05, 0.1) is 12.1 Å². The van der Waals surface area contributed by atoms with Gasteiger partial charge in [0.2, 0.25) is 11.8 Å². The fraction of sp³-hybridized carbons (Fsp3) is 0.867. The van der Waals surface area contributed by atoms with Crippen LogP contribution in [-0.2, 0) is 9.59 Å². The molecule has 0 aromatic heterocycles. The molecule has 0 radical (unpaired) electrons. The van der Waals surface area contributed by atoms with Crippen LogP contribution in [0.2, 0.25) is 0 Å². The van der Waals surface area contributed by atoms with Gasteiger partial charge in [0.15, 0.2) is 0 Å². The lowest BCUT2D eigenvalue weighted by Gasteiger charge is -2.35. The topological polar surface area (TPSA) is 64.1 Å². The van der Waals surface area contributed by atoms with E-state index >= 15 is 0 Å².